The largest absolute Gasteiger partial charge is 0.365 e. The van der Waals surface area contributed by atoms with Crippen molar-refractivity contribution in [1.29, 1.82) is 0 Å². The van der Waals surface area contributed by atoms with Gasteiger partial charge in [0.15, 0.2) is 0 Å². The van der Waals surface area contributed by atoms with Gasteiger partial charge in [0.25, 0.3) is 5.91 Å². The molecule has 0 bridgehead atoms. The predicted molar refractivity (Wildman–Crippen MR) is 127 cm³/mol. The fourth-order valence-corrected chi connectivity index (χ4v) is 3.98. The van der Waals surface area contributed by atoms with Gasteiger partial charge in [-0.15, -0.1) is 0 Å². The molecule has 0 N–H and O–H groups in total. The molecule has 0 spiro atoms. The Hall–Kier alpha value is -3.19. The Balaban J connectivity index is 1.73. The van der Waals surface area contributed by atoms with E-state index in [2.05, 4.69) is 0 Å². The summed E-state index contributed by atoms with van der Waals surface area (Å²) < 4.78 is 5.98. The van der Waals surface area contributed by atoms with E-state index in [9.17, 15) is 14.4 Å². The minimum absolute atomic E-state index is 0.00757. The Morgan fingerprint density at radius 3 is 2.24 bits per heavy atom. The van der Waals surface area contributed by atoms with Crippen molar-refractivity contribution in [2.75, 3.05) is 45.9 Å². The van der Waals surface area contributed by atoms with Crippen LogP contribution in [0.3, 0.4) is 0 Å². The van der Waals surface area contributed by atoms with Crippen molar-refractivity contribution in [2.45, 2.75) is 26.4 Å². The van der Waals surface area contributed by atoms with E-state index in [1.54, 1.807) is 34.1 Å². The SMILES string of the molecule is CCN(CC)C(=O)CO[C@H]1CN(CCc2ccccc2)C(=O)CN(C(=O)c2ccccc2)C1. The van der Waals surface area contributed by atoms with E-state index in [1.807, 2.05) is 50.2 Å². The van der Waals surface area contributed by atoms with E-state index in [0.29, 0.717) is 38.2 Å². The predicted octanol–water partition coefficient (Wildman–Crippen LogP) is 2.47. The lowest BCUT2D eigenvalue weighted by molar-refractivity contribution is -0.138. The maximum atomic E-state index is 13.1. The van der Waals surface area contributed by atoms with Crippen molar-refractivity contribution in [1.82, 2.24) is 14.7 Å². The highest BCUT2D eigenvalue weighted by Crippen LogP contribution is 2.14. The summed E-state index contributed by atoms with van der Waals surface area (Å²) >= 11 is 0. The van der Waals surface area contributed by atoms with E-state index in [4.69, 9.17) is 4.74 Å². The number of benzene rings is 2. The van der Waals surface area contributed by atoms with E-state index < -0.39 is 6.10 Å². The molecule has 2 aromatic carbocycles. The summed E-state index contributed by atoms with van der Waals surface area (Å²) in [4.78, 5) is 43.6. The number of rotatable bonds is 9. The van der Waals surface area contributed by atoms with Crippen LogP contribution in [0.25, 0.3) is 0 Å². The van der Waals surface area contributed by atoms with Gasteiger partial charge in [-0.2, -0.15) is 0 Å². The summed E-state index contributed by atoms with van der Waals surface area (Å²) in [6.07, 6.45) is 0.268. The fraction of sp³-hybridized carbons (Fsp3) is 0.423. The summed E-state index contributed by atoms with van der Waals surface area (Å²) in [7, 11) is 0. The van der Waals surface area contributed by atoms with Crippen LogP contribution >= 0.6 is 0 Å². The van der Waals surface area contributed by atoms with Crippen molar-refractivity contribution >= 4 is 17.7 Å². The molecule has 7 heteroatoms. The number of hydrogen-bond donors (Lipinski definition) is 0. The third-order valence-corrected chi connectivity index (χ3v) is 5.91. The summed E-state index contributed by atoms with van der Waals surface area (Å²) in [5.74, 6) is -0.416. The third-order valence-electron chi connectivity index (χ3n) is 5.91. The molecular weight excluding hydrogens is 418 g/mol. The molecule has 0 unspecified atom stereocenters. The van der Waals surface area contributed by atoms with Crippen molar-refractivity contribution in [3.8, 4) is 0 Å². The highest BCUT2D eigenvalue weighted by atomic mass is 16.5. The van der Waals surface area contributed by atoms with Gasteiger partial charge in [-0.1, -0.05) is 48.5 Å². The average molecular weight is 452 g/mol. The maximum absolute atomic E-state index is 13.1. The maximum Gasteiger partial charge on any atom is 0.254 e. The van der Waals surface area contributed by atoms with Gasteiger partial charge in [0.1, 0.15) is 13.2 Å². The molecule has 1 heterocycles. The number of nitrogens with zero attached hydrogens (tertiary/aromatic N) is 3. The first-order valence-corrected chi connectivity index (χ1v) is 11.6. The number of ether oxygens (including phenoxy) is 1. The second-order valence-corrected chi connectivity index (χ2v) is 8.13. The molecular formula is C26H33N3O4. The van der Waals surface area contributed by atoms with Crippen LogP contribution < -0.4 is 0 Å². The van der Waals surface area contributed by atoms with E-state index >= 15 is 0 Å². The molecule has 1 aliphatic rings. The Morgan fingerprint density at radius 2 is 1.61 bits per heavy atom. The smallest absolute Gasteiger partial charge is 0.254 e. The summed E-state index contributed by atoms with van der Waals surface area (Å²) in [5.41, 5.74) is 1.67. The monoisotopic (exact) mass is 451 g/mol. The Labute approximate surface area is 195 Å². The molecule has 1 aliphatic heterocycles. The van der Waals surface area contributed by atoms with Gasteiger partial charge in [-0.25, -0.2) is 0 Å². The van der Waals surface area contributed by atoms with Gasteiger partial charge in [-0.05, 0) is 38.0 Å². The number of likely N-dealkylation sites (N-methyl/N-ethyl adjacent to an activating group) is 1. The fourth-order valence-electron chi connectivity index (χ4n) is 3.98. The highest BCUT2D eigenvalue weighted by Gasteiger charge is 2.31. The van der Waals surface area contributed by atoms with E-state index in [1.165, 1.54) is 4.90 Å². The van der Waals surface area contributed by atoms with Crippen LogP contribution in [-0.4, -0.2) is 84.4 Å². The molecule has 2 aromatic rings. The molecule has 0 aliphatic carbocycles. The van der Waals surface area contributed by atoms with Crippen LogP contribution in [0, 0.1) is 0 Å². The first kappa shape index (κ1) is 24.5. The zero-order valence-corrected chi connectivity index (χ0v) is 19.5. The van der Waals surface area contributed by atoms with Crippen molar-refractivity contribution in [3.63, 3.8) is 0 Å². The van der Waals surface area contributed by atoms with Gasteiger partial charge in [0.2, 0.25) is 11.8 Å². The Bertz CT molecular complexity index is 916. The van der Waals surface area contributed by atoms with Crippen LogP contribution in [0.1, 0.15) is 29.8 Å². The second-order valence-electron chi connectivity index (χ2n) is 8.13. The zero-order chi connectivity index (χ0) is 23.6. The minimum Gasteiger partial charge on any atom is -0.365 e. The zero-order valence-electron chi connectivity index (χ0n) is 19.5. The van der Waals surface area contributed by atoms with Crippen molar-refractivity contribution in [2.24, 2.45) is 0 Å². The van der Waals surface area contributed by atoms with Gasteiger partial charge in [0, 0.05) is 38.3 Å². The van der Waals surface area contributed by atoms with Crippen LogP contribution in [0.5, 0.6) is 0 Å². The Morgan fingerprint density at radius 1 is 0.970 bits per heavy atom. The van der Waals surface area contributed by atoms with Crippen LogP contribution in [0.15, 0.2) is 60.7 Å². The Kier molecular flexibility index (Phi) is 9.01. The number of hydrogen-bond acceptors (Lipinski definition) is 4. The number of carbonyl (C=O) groups excluding carboxylic acids is 3. The molecule has 0 radical (unpaired) electrons. The standard InChI is InChI=1S/C26H33N3O4/c1-3-27(4-2)25(31)20-33-23-17-28(16-15-21-11-7-5-8-12-21)24(30)19-29(18-23)26(32)22-13-9-6-10-14-22/h5-14,23H,3-4,15-20H2,1-2H3/t23-/m0/s1. The molecule has 33 heavy (non-hydrogen) atoms. The molecule has 1 atom stereocenters. The van der Waals surface area contributed by atoms with Crippen molar-refractivity contribution < 1.29 is 19.1 Å². The molecule has 1 saturated heterocycles. The third kappa shape index (κ3) is 6.89. The number of amides is 3. The summed E-state index contributed by atoms with van der Waals surface area (Å²) in [6.45, 7) is 6.14. The summed E-state index contributed by atoms with van der Waals surface area (Å²) in [6, 6.07) is 18.9. The second kappa shape index (κ2) is 12.2. The van der Waals surface area contributed by atoms with Gasteiger partial charge >= 0.3 is 0 Å². The number of carbonyl (C=O) groups is 3. The van der Waals surface area contributed by atoms with Gasteiger partial charge in [-0.3, -0.25) is 14.4 Å². The quantitative estimate of drug-likeness (QED) is 0.587. The van der Waals surface area contributed by atoms with E-state index in [-0.39, 0.29) is 37.4 Å². The molecule has 0 saturated carbocycles. The topological polar surface area (TPSA) is 70.2 Å². The first-order valence-electron chi connectivity index (χ1n) is 11.6. The molecule has 7 nitrogen and oxygen atoms in total. The average Bonchev–Trinajstić information content (AvgIpc) is 3.01. The first-order chi connectivity index (χ1) is 16.0. The van der Waals surface area contributed by atoms with E-state index in [0.717, 1.165) is 5.56 Å². The van der Waals surface area contributed by atoms with Gasteiger partial charge < -0.3 is 19.4 Å². The minimum atomic E-state index is -0.445. The summed E-state index contributed by atoms with van der Waals surface area (Å²) in [5, 5.41) is 0. The molecule has 176 valence electrons. The molecule has 3 rings (SSSR count). The van der Waals surface area contributed by atoms with Crippen molar-refractivity contribution in [3.05, 3.63) is 71.8 Å². The molecule has 0 aromatic heterocycles. The lowest BCUT2D eigenvalue weighted by atomic mass is 10.1. The van der Waals surface area contributed by atoms with Crippen LogP contribution in [0.2, 0.25) is 0 Å². The van der Waals surface area contributed by atoms with Crippen LogP contribution in [0.4, 0.5) is 0 Å². The molecule has 1 fully saturated rings. The van der Waals surface area contributed by atoms with Crippen LogP contribution in [-0.2, 0) is 20.7 Å². The lowest BCUT2D eigenvalue weighted by Gasteiger charge is -2.26. The lowest BCUT2D eigenvalue weighted by Crippen LogP contribution is -2.41. The normalized spacial score (nSPS) is 16.4. The van der Waals surface area contributed by atoms with Gasteiger partial charge in [0.05, 0.1) is 6.10 Å². The molecule has 3 amide bonds. The highest BCUT2D eigenvalue weighted by molar-refractivity contribution is 5.96.